The second kappa shape index (κ2) is 4.75. The van der Waals surface area contributed by atoms with Gasteiger partial charge in [0.25, 0.3) is 0 Å². The lowest BCUT2D eigenvalue weighted by Crippen LogP contribution is -2.51. The van der Waals surface area contributed by atoms with Gasteiger partial charge in [-0.25, -0.2) is 0 Å². The molecule has 0 saturated carbocycles. The summed E-state index contributed by atoms with van der Waals surface area (Å²) < 4.78 is 0. The maximum atomic E-state index is 11.8. The van der Waals surface area contributed by atoms with Gasteiger partial charge < -0.3 is 5.73 Å². The molecule has 86 valence electrons. The van der Waals surface area contributed by atoms with Crippen molar-refractivity contribution in [1.82, 2.24) is 4.90 Å². The van der Waals surface area contributed by atoms with E-state index in [-0.39, 0.29) is 23.8 Å². The minimum atomic E-state index is -0.168. The van der Waals surface area contributed by atoms with Crippen LogP contribution in [0.25, 0.3) is 0 Å². The van der Waals surface area contributed by atoms with Gasteiger partial charge in [0, 0.05) is 25.4 Å². The molecule has 1 unspecified atom stereocenters. The van der Waals surface area contributed by atoms with E-state index in [1.807, 2.05) is 20.8 Å². The zero-order valence-electron chi connectivity index (χ0n) is 9.69. The number of nitrogens with two attached hydrogens (primary N) is 1. The Balaban J connectivity index is 2.73. The van der Waals surface area contributed by atoms with Crippen LogP contribution in [-0.2, 0) is 9.59 Å². The summed E-state index contributed by atoms with van der Waals surface area (Å²) in [5, 5.41) is 0. The summed E-state index contributed by atoms with van der Waals surface area (Å²) >= 11 is 0. The third kappa shape index (κ3) is 2.56. The fraction of sp³-hybridized carbons (Fsp3) is 0.818. The first-order valence-corrected chi connectivity index (χ1v) is 5.52. The van der Waals surface area contributed by atoms with Crippen molar-refractivity contribution in [3.63, 3.8) is 0 Å². The van der Waals surface area contributed by atoms with Crippen LogP contribution in [0.1, 0.15) is 33.6 Å². The predicted octanol–water partition coefficient (Wildman–Crippen LogP) is 0.755. The average Bonchev–Trinajstić information content (AvgIpc) is 2.16. The third-order valence-corrected chi connectivity index (χ3v) is 3.14. The highest BCUT2D eigenvalue weighted by Crippen LogP contribution is 2.27. The van der Waals surface area contributed by atoms with Crippen LogP contribution < -0.4 is 5.73 Å². The molecule has 0 bridgehead atoms. The summed E-state index contributed by atoms with van der Waals surface area (Å²) in [6.45, 7) is 6.25. The molecule has 0 aromatic carbocycles. The highest BCUT2D eigenvalue weighted by atomic mass is 16.2. The second-order valence-corrected chi connectivity index (χ2v) is 4.65. The van der Waals surface area contributed by atoms with Crippen molar-refractivity contribution in [3.05, 3.63) is 0 Å². The topological polar surface area (TPSA) is 63.4 Å². The van der Waals surface area contributed by atoms with E-state index in [1.165, 1.54) is 4.90 Å². The lowest BCUT2D eigenvalue weighted by atomic mass is 9.85. The molecule has 1 heterocycles. The van der Waals surface area contributed by atoms with Crippen molar-refractivity contribution >= 4 is 11.8 Å². The lowest BCUT2D eigenvalue weighted by Gasteiger charge is -2.35. The van der Waals surface area contributed by atoms with Crippen LogP contribution in [0, 0.1) is 11.8 Å². The molecule has 1 fully saturated rings. The van der Waals surface area contributed by atoms with E-state index in [2.05, 4.69) is 0 Å². The standard InChI is InChI=1S/C11H20N2O2/c1-7(2)9-4-10(14)13(8(3)6-12)11(15)5-9/h7-9H,4-6,12H2,1-3H3. The van der Waals surface area contributed by atoms with Gasteiger partial charge in [0.1, 0.15) is 0 Å². The number of amides is 2. The van der Waals surface area contributed by atoms with Gasteiger partial charge >= 0.3 is 0 Å². The zero-order valence-corrected chi connectivity index (χ0v) is 9.69. The van der Waals surface area contributed by atoms with Gasteiger partial charge in [-0.05, 0) is 18.8 Å². The Hall–Kier alpha value is -0.900. The zero-order chi connectivity index (χ0) is 11.6. The van der Waals surface area contributed by atoms with Crippen molar-refractivity contribution in [2.45, 2.75) is 39.7 Å². The molecule has 1 aliphatic heterocycles. The number of carbonyl (C=O) groups is 2. The maximum Gasteiger partial charge on any atom is 0.229 e. The molecule has 15 heavy (non-hydrogen) atoms. The number of carbonyl (C=O) groups excluding carboxylic acids is 2. The predicted molar refractivity (Wildman–Crippen MR) is 57.9 cm³/mol. The van der Waals surface area contributed by atoms with Crippen LogP contribution in [0.4, 0.5) is 0 Å². The first kappa shape index (κ1) is 12.2. The van der Waals surface area contributed by atoms with Crippen LogP contribution >= 0.6 is 0 Å². The van der Waals surface area contributed by atoms with Gasteiger partial charge in [0.2, 0.25) is 11.8 Å². The highest BCUT2D eigenvalue weighted by Gasteiger charge is 2.35. The summed E-state index contributed by atoms with van der Waals surface area (Å²) in [7, 11) is 0. The van der Waals surface area contributed by atoms with E-state index in [0.717, 1.165) is 0 Å². The number of likely N-dealkylation sites (tertiary alicyclic amines) is 1. The summed E-state index contributed by atoms with van der Waals surface area (Å²) in [6.07, 6.45) is 0.960. The molecule has 2 amide bonds. The Bertz CT molecular complexity index is 245. The Morgan fingerprint density at radius 2 is 1.73 bits per heavy atom. The van der Waals surface area contributed by atoms with Gasteiger partial charge in [-0.1, -0.05) is 13.8 Å². The van der Waals surface area contributed by atoms with E-state index < -0.39 is 0 Å². The normalized spacial score (nSPS) is 21.3. The molecular weight excluding hydrogens is 192 g/mol. The largest absolute Gasteiger partial charge is 0.328 e. The highest BCUT2D eigenvalue weighted by molar-refractivity contribution is 5.98. The third-order valence-electron chi connectivity index (χ3n) is 3.14. The quantitative estimate of drug-likeness (QED) is 0.702. The van der Waals surface area contributed by atoms with Crippen LogP contribution in [0.3, 0.4) is 0 Å². The Morgan fingerprint density at radius 3 is 2.07 bits per heavy atom. The van der Waals surface area contributed by atoms with E-state index in [9.17, 15) is 9.59 Å². The number of hydrogen-bond donors (Lipinski definition) is 1. The molecule has 1 aliphatic rings. The van der Waals surface area contributed by atoms with Crippen LogP contribution in [0.5, 0.6) is 0 Å². The fourth-order valence-corrected chi connectivity index (χ4v) is 1.92. The SMILES string of the molecule is CC(C)C1CC(=O)N(C(C)CN)C(=O)C1. The number of rotatable bonds is 3. The molecule has 1 rings (SSSR count). The van der Waals surface area contributed by atoms with Crippen molar-refractivity contribution in [3.8, 4) is 0 Å². The van der Waals surface area contributed by atoms with Gasteiger partial charge in [0.15, 0.2) is 0 Å². The van der Waals surface area contributed by atoms with Crippen LogP contribution in [0.15, 0.2) is 0 Å². The molecule has 4 nitrogen and oxygen atoms in total. The monoisotopic (exact) mass is 212 g/mol. The number of piperidine rings is 1. The Kier molecular flexibility index (Phi) is 3.85. The minimum absolute atomic E-state index is 0.0668. The van der Waals surface area contributed by atoms with E-state index in [4.69, 9.17) is 5.73 Å². The summed E-state index contributed by atoms with van der Waals surface area (Å²) in [6, 6.07) is -0.168. The molecule has 4 heteroatoms. The molecule has 0 radical (unpaired) electrons. The number of hydrogen-bond acceptors (Lipinski definition) is 3. The second-order valence-electron chi connectivity index (χ2n) is 4.65. The molecule has 1 saturated heterocycles. The Morgan fingerprint density at radius 1 is 1.27 bits per heavy atom. The lowest BCUT2D eigenvalue weighted by molar-refractivity contribution is -0.153. The molecule has 2 N–H and O–H groups in total. The van der Waals surface area contributed by atoms with Gasteiger partial charge in [0.05, 0.1) is 0 Å². The van der Waals surface area contributed by atoms with Crippen LogP contribution in [0.2, 0.25) is 0 Å². The summed E-state index contributed by atoms with van der Waals surface area (Å²) in [4.78, 5) is 24.9. The van der Waals surface area contributed by atoms with Gasteiger partial charge in [-0.15, -0.1) is 0 Å². The molecule has 1 atom stereocenters. The van der Waals surface area contributed by atoms with Crippen molar-refractivity contribution in [1.29, 1.82) is 0 Å². The van der Waals surface area contributed by atoms with Gasteiger partial charge in [-0.3, -0.25) is 14.5 Å². The summed E-state index contributed by atoms with van der Waals surface area (Å²) in [5.74, 6) is 0.449. The molecule has 0 spiro atoms. The molecule has 0 aromatic heterocycles. The smallest absolute Gasteiger partial charge is 0.229 e. The van der Waals surface area contributed by atoms with Crippen LogP contribution in [-0.4, -0.2) is 29.3 Å². The maximum absolute atomic E-state index is 11.8. The molecular formula is C11H20N2O2. The van der Waals surface area contributed by atoms with E-state index in [1.54, 1.807) is 0 Å². The van der Waals surface area contributed by atoms with Gasteiger partial charge in [-0.2, -0.15) is 0 Å². The average molecular weight is 212 g/mol. The first-order chi connectivity index (χ1) is 6.97. The van der Waals surface area contributed by atoms with Crippen molar-refractivity contribution in [2.24, 2.45) is 17.6 Å². The fourth-order valence-electron chi connectivity index (χ4n) is 1.92. The van der Waals surface area contributed by atoms with E-state index in [0.29, 0.717) is 25.3 Å². The summed E-state index contributed by atoms with van der Waals surface area (Å²) in [5.41, 5.74) is 5.48. The van der Waals surface area contributed by atoms with Crippen molar-refractivity contribution in [2.75, 3.05) is 6.54 Å². The number of nitrogens with zero attached hydrogens (tertiary/aromatic N) is 1. The van der Waals surface area contributed by atoms with E-state index >= 15 is 0 Å². The molecule has 0 aliphatic carbocycles. The Labute approximate surface area is 90.8 Å². The van der Waals surface area contributed by atoms with Crippen molar-refractivity contribution < 1.29 is 9.59 Å². The number of imide groups is 1. The first-order valence-electron chi connectivity index (χ1n) is 5.52. The molecule has 0 aromatic rings. The minimum Gasteiger partial charge on any atom is -0.328 e.